The molecule has 0 saturated heterocycles. The van der Waals surface area contributed by atoms with Crippen LogP contribution in [0, 0.1) is 0 Å². The lowest BCUT2D eigenvalue weighted by atomic mass is 10.1. The van der Waals surface area contributed by atoms with Crippen LogP contribution in [0.4, 0.5) is 0 Å². The largest absolute Gasteiger partial charge is 0.475 e. The fraction of sp³-hybridized carbons (Fsp3) is 0.706. The Morgan fingerprint density at radius 3 is 2.86 bits per heavy atom. The normalized spacial score (nSPS) is 16.0. The molecule has 21 heavy (non-hydrogen) atoms. The lowest BCUT2D eigenvalue weighted by Crippen LogP contribution is -2.18. The smallest absolute Gasteiger partial charge is 0.213 e. The molecule has 118 valence electrons. The van der Waals surface area contributed by atoms with E-state index in [2.05, 4.69) is 24.1 Å². The Labute approximate surface area is 133 Å². The number of unbranched alkanes of at least 4 members (excludes halogenated alkanes) is 3. The number of nitrogens with one attached hydrogen (secondary N) is 1. The van der Waals surface area contributed by atoms with Gasteiger partial charge in [0.2, 0.25) is 5.88 Å². The first-order chi connectivity index (χ1) is 10.2. The van der Waals surface area contributed by atoms with Gasteiger partial charge < -0.3 is 10.1 Å². The number of hydrogen-bond acceptors (Lipinski definition) is 3. The maximum Gasteiger partial charge on any atom is 0.213 e. The molecular formula is C17H27ClN2O. The standard InChI is InChI=1S/C17H27ClN2O/c1-3-4-5-6-7-13(2)21-17-11-10-15(18)16(20-17)12-19-14-8-9-14/h10-11,13-14,19H,3-9,12H2,1-2H3. The second-order valence-corrected chi connectivity index (χ2v) is 6.42. The zero-order chi connectivity index (χ0) is 15.1. The topological polar surface area (TPSA) is 34.1 Å². The van der Waals surface area contributed by atoms with E-state index < -0.39 is 0 Å². The molecule has 1 aliphatic rings. The Bertz CT molecular complexity index is 435. The van der Waals surface area contributed by atoms with Crippen molar-refractivity contribution in [2.45, 2.75) is 77.5 Å². The third-order valence-electron chi connectivity index (χ3n) is 3.81. The predicted octanol–water partition coefficient (Wildman–Crippen LogP) is 4.72. The molecule has 1 atom stereocenters. The van der Waals surface area contributed by atoms with Crippen molar-refractivity contribution in [1.29, 1.82) is 0 Å². The van der Waals surface area contributed by atoms with E-state index >= 15 is 0 Å². The highest BCUT2D eigenvalue weighted by molar-refractivity contribution is 6.31. The lowest BCUT2D eigenvalue weighted by molar-refractivity contribution is 0.197. The van der Waals surface area contributed by atoms with Crippen molar-refractivity contribution in [3.8, 4) is 5.88 Å². The summed E-state index contributed by atoms with van der Waals surface area (Å²) in [6.07, 6.45) is 8.91. The monoisotopic (exact) mass is 310 g/mol. The molecule has 1 aromatic heterocycles. The zero-order valence-electron chi connectivity index (χ0n) is 13.2. The fourth-order valence-corrected chi connectivity index (χ4v) is 2.48. The van der Waals surface area contributed by atoms with Crippen molar-refractivity contribution in [3.63, 3.8) is 0 Å². The molecule has 0 aliphatic heterocycles. The van der Waals surface area contributed by atoms with Crippen molar-refractivity contribution >= 4 is 11.6 Å². The summed E-state index contributed by atoms with van der Waals surface area (Å²) in [6.45, 7) is 5.07. The van der Waals surface area contributed by atoms with Crippen LogP contribution < -0.4 is 10.1 Å². The van der Waals surface area contributed by atoms with Crippen molar-refractivity contribution in [2.24, 2.45) is 0 Å². The van der Waals surface area contributed by atoms with Crippen molar-refractivity contribution < 1.29 is 4.74 Å². The molecule has 1 aliphatic carbocycles. The van der Waals surface area contributed by atoms with Crippen LogP contribution >= 0.6 is 11.6 Å². The van der Waals surface area contributed by atoms with Crippen molar-refractivity contribution in [1.82, 2.24) is 10.3 Å². The third kappa shape index (κ3) is 6.23. The van der Waals surface area contributed by atoms with Crippen LogP contribution in [0.3, 0.4) is 0 Å². The average molecular weight is 311 g/mol. The number of hydrogen-bond donors (Lipinski definition) is 1. The highest BCUT2D eigenvalue weighted by Gasteiger charge is 2.20. The first kappa shape index (κ1) is 16.6. The number of halogens is 1. The zero-order valence-corrected chi connectivity index (χ0v) is 14.0. The Morgan fingerprint density at radius 1 is 1.33 bits per heavy atom. The van der Waals surface area contributed by atoms with Crippen molar-refractivity contribution in [3.05, 3.63) is 22.8 Å². The van der Waals surface area contributed by atoms with Crippen LogP contribution in [-0.4, -0.2) is 17.1 Å². The quantitative estimate of drug-likeness (QED) is 0.635. The minimum atomic E-state index is 0.208. The summed E-state index contributed by atoms with van der Waals surface area (Å²) in [7, 11) is 0. The van der Waals surface area contributed by atoms with Gasteiger partial charge in [-0.3, -0.25) is 0 Å². The maximum atomic E-state index is 6.20. The molecule has 3 nitrogen and oxygen atoms in total. The average Bonchev–Trinajstić information content (AvgIpc) is 3.28. The Kier molecular flexibility index (Phi) is 6.78. The molecular weight excluding hydrogens is 284 g/mol. The van der Waals surface area contributed by atoms with Gasteiger partial charge in [-0.05, 0) is 38.7 Å². The molecule has 1 fully saturated rings. The van der Waals surface area contributed by atoms with E-state index in [1.807, 2.05) is 12.1 Å². The van der Waals surface area contributed by atoms with Gasteiger partial charge in [-0.15, -0.1) is 0 Å². The molecule has 0 bridgehead atoms. The molecule has 1 N–H and O–H groups in total. The molecule has 4 heteroatoms. The summed E-state index contributed by atoms with van der Waals surface area (Å²) >= 11 is 6.20. The molecule has 2 rings (SSSR count). The summed E-state index contributed by atoms with van der Waals surface area (Å²) in [4.78, 5) is 4.54. The van der Waals surface area contributed by atoms with Gasteiger partial charge in [0, 0.05) is 18.7 Å². The SMILES string of the molecule is CCCCCCC(C)Oc1ccc(Cl)c(CNC2CC2)n1. The van der Waals surface area contributed by atoms with E-state index in [1.54, 1.807) is 0 Å². The molecule has 1 heterocycles. The van der Waals surface area contributed by atoms with E-state index in [-0.39, 0.29) is 6.10 Å². The molecule has 1 unspecified atom stereocenters. The second-order valence-electron chi connectivity index (χ2n) is 6.01. The molecule has 0 radical (unpaired) electrons. The molecule has 0 amide bonds. The van der Waals surface area contributed by atoms with Crippen LogP contribution in [0.15, 0.2) is 12.1 Å². The summed E-state index contributed by atoms with van der Waals surface area (Å²) in [5.41, 5.74) is 0.888. The first-order valence-corrected chi connectivity index (χ1v) is 8.62. The Balaban J connectivity index is 1.79. The second kappa shape index (κ2) is 8.60. The van der Waals surface area contributed by atoms with Gasteiger partial charge in [0.15, 0.2) is 0 Å². The summed E-state index contributed by atoms with van der Waals surface area (Å²) in [6, 6.07) is 4.41. The maximum absolute atomic E-state index is 6.20. The van der Waals surface area contributed by atoms with Gasteiger partial charge in [0.05, 0.1) is 16.8 Å². The number of aromatic nitrogens is 1. The molecule has 1 aromatic rings. The minimum Gasteiger partial charge on any atom is -0.475 e. The summed E-state index contributed by atoms with van der Waals surface area (Å²) < 4.78 is 5.92. The molecule has 0 aromatic carbocycles. The first-order valence-electron chi connectivity index (χ1n) is 8.24. The van der Waals surface area contributed by atoms with Crippen molar-refractivity contribution in [2.75, 3.05) is 0 Å². The third-order valence-corrected chi connectivity index (χ3v) is 4.16. The van der Waals surface area contributed by atoms with Crippen LogP contribution in [0.25, 0.3) is 0 Å². The van der Waals surface area contributed by atoms with Crippen LogP contribution in [-0.2, 0) is 6.54 Å². The van der Waals surface area contributed by atoms with E-state index in [0.29, 0.717) is 16.9 Å². The van der Waals surface area contributed by atoms with Gasteiger partial charge >= 0.3 is 0 Å². The van der Waals surface area contributed by atoms with Gasteiger partial charge in [-0.2, -0.15) is 0 Å². The Hall–Kier alpha value is -0.800. The number of pyridine rings is 1. The van der Waals surface area contributed by atoms with Gasteiger partial charge in [-0.25, -0.2) is 4.98 Å². The van der Waals surface area contributed by atoms with Crippen LogP contribution in [0.5, 0.6) is 5.88 Å². The summed E-state index contributed by atoms with van der Waals surface area (Å²) in [5, 5.41) is 4.15. The predicted molar refractivity (Wildman–Crippen MR) is 88.0 cm³/mol. The number of nitrogens with zero attached hydrogens (tertiary/aromatic N) is 1. The Morgan fingerprint density at radius 2 is 2.14 bits per heavy atom. The highest BCUT2D eigenvalue weighted by Crippen LogP contribution is 2.23. The van der Waals surface area contributed by atoms with Crippen LogP contribution in [0.2, 0.25) is 5.02 Å². The minimum absolute atomic E-state index is 0.208. The number of rotatable bonds is 10. The lowest BCUT2D eigenvalue weighted by Gasteiger charge is -2.15. The van der Waals surface area contributed by atoms with E-state index in [9.17, 15) is 0 Å². The van der Waals surface area contributed by atoms with Gasteiger partial charge in [0.1, 0.15) is 0 Å². The van der Waals surface area contributed by atoms with Gasteiger partial charge in [0.25, 0.3) is 0 Å². The van der Waals surface area contributed by atoms with E-state index in [1.165, 1.54) is 38.5 Å². The van der Waals surface area contributed by atoms with E-state index in [0.717, 1.165) is 18.7 Å². The summed E-state index contributed by atoms with van der Waals surface area (Å²) in [5.74, 6) is 0.690. The number of ether oxygens (including phenoxy) is 1. The van der Waals surface area contributed by atoms with Crippen LogP contribution in [0.1, 0.15) is 64.5 Å². The highest BCUT2D eigenvalue weighted by atomic mass is 35.5. The van der Waals surface area contributed by atoms with Gasteiger partial charge in [-0.1, -0.05) is 37.8 Å². The molecule has 0 spiro atoms. The fourth-order valence-electron chi connectivity index (χ4n) is 2.31. The molecule has 1 saturated carbocycles. The van der Waals surface area contributed by atoms with E-state index in [4.69, 9.17) is 16.3 Å².